The number of anilines is 2. The third-order valence-electron chi connectivity index (χ3n) is 3.17. The van der Waals surface area contributed by atoms with Gasteiger partial charge < -0.3 is 5.32 Å². The zero-order valence-corrected chi connectivity index (χ0v) is 13.1. The highest BCUT2D eigenvalue weighted by molar-refractivity contribution is 6.32. The van der Waals surface area contributed by atoms with Gasteiger partial charge in [0.25, 0.3) is 11.4 Å². The maximum Gasteiger partial charge on any atom is 0.418 e. The Labute approximate surface area is 147 Å². The molecular formula is C14H6ClF3N4O4. The number of non-ortho nitro benzene ring substituents is 1. The minimum Gasteiger partial charge on any atom is -0.349 e. The van der Waals surface area contributed by atoms with E-state index in [0.717, 1.165) is 6.07 Å². The molecule has 0 unspecified atom stereocenters. The Morgan fingerprint density at radius 2 is 1.77 bits per heavy atom. The summed E-state index contributed by atoms with van der Waals surface area (Å²) in [6.45, 7) is 0. The van der Waals surface area contributed by atoms with Crippen LogP contribution in [-0.2, 0) is 6.18 Å². The summed E-state index contributed by atoms with van der Waals surface area (Å²) in [4.78, 5) is 19.6. The van der Waals surface area contributed by atoms with Crippen molar-refractivity contribution in [1.29, 1.82) is 5.26 Å². The predicted octanol–water partition coefficient (Wildman–Crippen LogP) is 4.79. The Kier molecular flexibility index (Phi) is 4.99. The lowest BCUT2D eigenvalue weighted by atomic mass is 10.1. The van der Waals surface area contributed by atoms with Crippen LogP contribution in [0.1, 0.15) is 11.1 Å². The van der Waals surface area contributed by atoms with Crippen molar-refractivity contribution >= 4 is 34.4 Å². The molecule has 0 saturated heterocycles. The number of hydrogen-bond acceptors (Lipinski definition) is 6. The van der Waals surface area contributed by atoms with E-state index in [4.69, 9.17) is 16.9 Å². The van der Waals surface area contributed by atoms with E-state index in [1.807, 2.05) is 0 Å². The van der Waals surface area contributed by atoms with Crippen molar-refractivity contribution < 1.29 is 23.0 Å². The number of nitrogens with one attached hydrogen (secondary N) is 1. The number of nitriles is 1. The van der Waals surface area contributed by atoms with E-state index < -0.39 is 38.6 Å². The molecule has 26 heavy (non-hydrogen) atoms. The quantitative estimate of drug-likeness (QED) is 0.595. The van der Waals surface area contributed by atoms with Gasteiger partial charge in [-0.25, -0.2) is 0 Å². The van der Waals surface area contributed by atoms with Crippen molar-refractivity contribution in [3.05, 3.63) is 66.7 Å². The molecule has 2 aromatic carbocycles. The van der Waals surface area contributed by atoms with E-state index in [9.17, 15) is 33.4 Å². The van der Waals surface area contributed by atoms with E-state index >= 15 is 0 Å². The summed E-state index contributed by atoms with van der Waals surface area (Å²) in [6.07, 6.45) is -5.10. The zero-order chi connectivity index (χ0) is 19.6. The van der Waals surface area contributed by atoms with Gasteiger partial charge in [0.15, 0.2) is 0 Å². The molecule has 0 spiro atoms. The van der Waals surface area contributed by atoms with Gasteiger partial charge in [-0.1, -0.05) is 11.6 Å². The molecule has 0 radical (unpaired) electrons. The second-order valence-corrected chi connectivity index (χ2v) is 5.24. The Hall–Kier alpha value is -3.39. The minimum atomic E-state index is -5.10. The lowest BCUT2D eigenvalue weighted by Gasteiger charge is -2.15. The molecule has 0 heterocycles. The topological polar surface area (TPSA) is 122 Å². The van der Waals surface area contributed by atoms with E-state index in [1.165, 1.54) is 12.1 Å². The van der Waals surface area contributed by atoms with Crippen LogP contribution in [0, 0.1) is 31.6 Å². The van der Waals surface area contributed by atoms with E-state index in [-0.39, 0.29) is 22.3 Å². The Balaban J connectivity index is 2.69. The molecule has 0 aromatic heterocycles. The Morgan fingerprint density at radius 1 is 1.12 bits per heavy atom. The van der Waals surface area contributed by atoms with Crippen molar-refractivity contribution in [3.8, 4) is 6.07 Å². The summed E-state index contributed by atoms with van der Waals surface area (Å²) in [5.74, 6) is 0. The van der Waals surface area contributed by atoms with Gasteiger partial charge >= 0.3 is 6.18 Å². The van der Waals surface area contributed by atoms with Crippen molar-refractivity contribution in [2.45, 2.75) is 6.18 Å². The Bertz CT molecular complexity index is 956. The molecule has 0 bridgehead atoms. The number of alkyl halides is 3. The van der Waals surface area contributed by atoms with Gasteiger partial charge in [-0.05, 0) is 18.2 Å². The fourth-order valence-corrected chi connectivity index (χ4v) is 2.27. The lowest BCUT2D eigenvalue weighted by Crippen LogP contribution is -2.12. The molecule has 134 valence electrons. The van der Waals surface area contributed by atoms with Crippen LogP contribution in [0.3, 0.4) is 0 Å². The molecular weight excluding hydrogens is 381 g/mol. The summed E-state index contributed by atoms with van der Waals surface area (Å²) in [6, 6.07) is 5.86. The van der Waals surface area contributed by atoms with Crippen LogP contribution in [0.4, 0.5) is 35.9 Å². The average Bonchev–Trinajstić information content (AvgIpc) is 2.53. The molecule has 0 fully saturated rings. The first-order chi connectivity index (χ1) is 12.0. The predicted molar refractivity (Wildman–Crippen MR) is 84.2 cm³/mol. The number of benzene rings is 2. The van der Waals surface area contributed by atoms with Gasteiger partial charge in [0, 0.05) is 11.8 Å². The fraction of sp³-hybridized carbons (Fsp3) is 0.0714. The van der Waals surface area contributed by atoms with Gasteiger partial charge in [0.2, 0.25) is 0 Å². The van der Waals surface area contributed by atoms with Crippen molar-refractivity contribution in [3.63, 3.8) is 0 Å². The first kappa shape index (κ1) is 18.9. The smallest absolute Gasteiger partial charge is 0.349 e. The number of nitrogens with zero attached hydrogens (tertiary/aromatic N) is 3. The van der Waals surface area contributed by atoms with Gasteiger partial charge in [0.1, 0.15) is 11.8 Å². The van der Waals surface area contributed by atoms with Gasteiger partial charge in [-0.3, -0.25) is 20.2 Å². The van der Waals surface area contributed by atoms with Crippen molar-refractivity contribution in [2.24, 2.45) is 0 Å². The van der Waals surface area contributed by atoms with Gasteiger partial charge in [-0.15, -0.1) is 0 Å². The van der Waals surface area contributed by atoms with E-state index in [1.54, 1.807) is 6.07 Å². The summed E-state index contributed by atoms with van der Waals surface area (Å²) in [5.41, 5.74) is -4.80. The second-order valence-electron chi connectivity index (χ2n) is 4.83. The molecule has 2 aromatic rings. The first-order valence-electron chi connectivity index (χ1n) is 6.55. The molecule has 0 atom stereocenters. The number of hydrogen-bond donors (Lipinski definition) is 1. The van der Waals surface area contributed by atoms with Crippen LogP contribution >= 0.6 is 11.6 Å². The highest BCUT2D eigenvalue weighted by Crippen LogP contribution is 2.43. The summed E-state index contributed by atoms with van der Waals surface area (Å²) < 4.78 is 39.8. The maximum atomic E-state index is 13.3. The SMILES string of the molecule is N#Cc1ccc(Nc2c([N+](=O)[O-])cc([N+](=O)[O-])cc2C(F)(F)F)cc1Cl. The normalized spacial score (nSPS) is 10.9. The molecule has 12 heteroatoms. The molecule has 0 aliphatic rings. The molecule has 2 rings (SSSR count). The lowest BCUT2D eigenvalue weighted by molar-refractivity contribution is -0.394. The standard InChI is InChI=1S/C14H6ClF3N4O4/c15-11-3-8(2-1-7(11)6-19)20-13-10(14(16,17)18)4-9(21(23)24)5-12(13)22(25)26/h1-5,20H. The highest BCUT2D eigenvalue weighted by atomic mass is 35.5. The number of nitro groups is 2. The summed E-state index contributed by atoms with van der Waals surface area (Å²) >= 11 is 5.79. The first-order valence-corrected chi connectivity index (χ1v) is 6.93. The summed E-state index contributed by atoms with van der Waals surface area (Å²) in [5, 5.41) is 32.8. The molecule has 8 nitrogen and oxygen atoms in total. The minimum absolute atomic E-state index is 0.0476. The largest absolute Gasteiger partial charge is 0.418 e. The summed E-state index contributed by atoms with van der Waals surface area (Å²) in [7, 11) is 0. The van der Waals surface area contributed by atoms with Crippen molar-refractivity contribution in [2.75, 3.05) is 5.32 Å². The fourth-order valence-electron chi connectivity index (χ4n) is 2.04. The molecule has 1 N–H and O–H groups in total. The van der Waals surface area contributed by atoms with Gasteiger partial charge in [0.05, 0.1) is 32.1 Å². The van der Waals surface area contributed by atoms with E-state index in [2.05, 4.69) is 5.32 Å². The second kappa shape index (κ2) is 6.85. The maximum absolute atomic E-state index is 13.3. The van der Waals surface area contributed by atoms with Crippen LogP contribution in [0.2, 0.25) is 5.02 Å². The number of rotatable bonds is 4. The molecule has 0 aliphatic carbocycles. The van der Waals surface area contributed by atoms with Crippen LogP contribution in [-0.4, -0.2) is 9.85 Å². The van der Waals surface area contributed by atoms with Crippen LogP contribution in [0.25, 0.3) is 0 Å². The molecule has 0 saturated carbocycles. The zero-order valence-electron chi connectivity index (χ0n) is 12.4. The Morgan fingerprint density at radius 3 is 2.23 bits per heavy atom. The van der Waals surface area contributed by atoms with Crippen LogP contribution < -0.4 is 5.32 Å². The third kappa shape index (κ3) is 3.81. The number of nitro benzene ring substituents is 2. The number of halogens is 4. The molecule has 0 aliphatic heterocycles. The van der Waals surface area contributed by atoms with Crippen molar-refractivity contribution in [1.82, 2.24) is 0 Å². The van der Waals surface area contributed by atoms with Gasteiger partial charge in [-0.2, -0.15) is 18.4 Å². The molecule has 0 amide bonds. The highest BCUT2D eigenvalue weighted by Gasteiger charge is 2.39. The monoisotopic (exact) mass is 386 g/mol. The average molecular weight is 387 g/mol. The van der Waals surface area contributed by atoms with Crippen LogP contribution in [0.5, 0.6) is 0 Å². The van der Waals surface area contributed by atoms with Crippen LogP contribution in [0.15, 0.2) is 30.3 Å². The third-order valence-corrected chi connectivity index (χ3v) is 3.49. The van der Waals surface area contributed by atoms with E-state index in [0.29, 0.717) is 6.07 Å².